The predicted molar refractivity (Wildman–Crippen MR) is 55.9 cm³/mol. The summed E-state index contributed by atoms with van der Waals surface area (Å²) in [7, 11) is 0. The molecule has 0 aliphatic rings. The first-order chi connectivity index (χ1) is 6.74. The number of rotatable bonds is 5. The minimum Gasteiger partial charge on any atom is -0.476 e. The Kier molecular flexibility index (Phi) is 4.18. The smallest absolute Gasteiger partial charge is 0.356 e. The molecule has 5 nitrogen and oxygen atoms in total. The lowest BCUT2D eigenvalue weighted by atomic mass is 10.4. The van der Waals surface area contributed by atoms with Crippen molar-refractivity contribution in [2.75, 3.05) is 23.9 Å². The monoisotopic (exact) mass is 213 g/mol. The molecule has 1 aromatic heterocycles. The van der Waals surface area contributed by atoms with Gasteiger partial charge in [-0.05, 0) is 6.26 Å². The van der Waals surface area contributed by atoms with Gasteiger partial charge in [0.05, 0.1) is 12.4 Å². The third-order valence-corrected chi connectivity index (χ3v) is 2.10. The van der Waals surface area contributed by atoms with E-state index < -0.39 is 5.97 Å². The van der Waals surface area contributed by atoms with E-state index in [4.69, 9.17) is 5.11 Å². The molecule has 0 aromatic carbocycles. The predicted octanol–water partition coefficient (Wildman–Crippen LogP) is 0.950. The molecule has 0 saturated carbocycles. The molecule has 14 heavy (non-hydrogen) atoms. The summed E-state index contributed by atoms with van der Waals surface area (Å²) in [6.45, 7) is 0.794. The largest absolute Gasteiger partial charge is 0.476 e. The summed E-state index contributed by atoms with van der Waals surface area (Å²) >= 11 is 1.72. The quantitative estimate of drug-likeness (QED) is 0.709. The van der Waals surface area contributed by atoms with Crippen molar-refractivity contribution in [3.05, 3.63) is 18.1 Å². The van der Waals surface area contributed by atoms with E-state index in [1.54, 1.807) is 11.8 Å². The second-order valence-corrected chi connectivity index (χ2v) is 3.50. The zero-order valence-electron chi connectivity index (χ0n) is 7.73. The molecule has 1 rings (SSSR count). The number of thioether (sulfide) groups is 1. The number of nitrogens with one attached hydrogen (secondary N) is 1. The fraction of sp³-hybridized carbons (Fsp3) is 0.375. The molecular weight excluding hydrogens is 202 g/mol. The van der Waals surface area contributed by atoms with Crippen LogP contribution in [0.1, 0.15) is 10.5 Å². The molecule has 6 heteroatoms. The minimum atomic E-state index is -1.06. The van der Waals surface area contributed by atoms with Crippen LogP contribution in [-0.4, -0.2) is 39.6 Å². The Morgan fingerprint density at radius 1 is 1.57 bits per heavy atom. The SMILES string of the molecule is CSCCNc1cnc(C(=O)O)cn1. The van der Waals surface area contributed by atoms with Crippen LogP contribution in [0.2, 0.25) is 0 Å². The highest BCUT2D eigenvalue weighted by molar-refractivity contribution is 7.98. The van der Waals surface area contributed by atoms with Crippen molar-refractivity contribution in [3.8, 4) is 0 Å². The van der Waals surface area contributed by atoms with Gasteiger partial charge in [0, 0.05) is 12.3 Å². The summed E-state index contributed by atoms with van der Waals surface area (Å²) in [6, 6.07) is 0. The zero-order valence-corrected chi connectivity index (χ0v) is 8.54. The van der Waals surface area contributed by atoms with Gasteiger partial charge in [-0.2, -0.15) is 11.8 Å². The van der Waals surface area contributed by atoms with Crippen molar-refractivity contribution >= 4 is 23.5 Å². The molecule has 0 saturated heterocycles. The summed E-state index contributed by atoms with van der Waals surface area (Å²) in [4.78, 5) is 18.1. The molecule has 0 spiro atoms. The molecule has 0 fully saturated rings. The number of aromatic nitrogens is 2. The topological polar surface area (TPSA) is 75.1 Å². The third-order valence-electron chi connectivity index (χ3n) is 1.48. The molecule has 0 bridgehead atoms. The number of carboxylic acid groups (broad SMARTS) is 1. The molecule has 1 aromatic rings. The van der Waals surface area contributed by atoms with Crippen LogP contribution in [0.5, 0.6) is 0 Å². The Balaban J connectivity index is 2.51. The normalized spacial score (nSPS) is 9.79. The van der Waals surface area contributed by atoms with Crippen LogP contribution in [0.15, 0.2) is 12.4 Å². The fourth-order valence-electron chi connectivity index (χ4n) is 0.811. The van der Waals surface area contributed by atoms with Gasteiger partial charge in [-0.25, -0.2) is 14.8 Å². The first-order valence-corrected chi connectivity index (χ1v) is 5.41. The van der Waals surface area contributed by atoms with Gasteiger partial charge in [0.1, 0.15) is 5.82 Å². The molecular formula is C8H11N3O2S. The third kappa shape index (κ3) is 3.21. The van der Waals surface area contributed by atoms with Gasteiger partial charge >= 0.3 is 5.97 Å². The maximum Gasteiger partial charge on any atom is 0.356 e. The lowest BCUT2D eigenvalue weighted by Crippen LogP contribution is -2.07. The Morgan fingerprint density at radius 2 is 2.36 bits per heavy atom. The van der Waals surface area contributed by atoms with Crippen LogP contribution in [0, 0.1) is 0 Å². The maximum atomic E-state index is 10.4. The summed E-state index contributed by atoms with van der Waals surface area (Å²) in [6.07, 6.45) is 4.68. The van der Waals surface area contributed by atoms with E-state index in [1.807, 2.05) is 6.26 Å². The van der Waals surface area contributed by atoms with E-state index in [0.717, 1.165) is 12.3 Å². The fourth-order valence-corrected chi connectivity index (χ4v) is 1.12. The second kappa shape index (κ2) is 5.43. The highest BCUT2D eigenvalue weighted by atomic mass is 32.2. The van der Waals surface area contributed by atoms with E-state index in [9.17, 15) is 4.79 Å². The van der Waals surface area contributed by atoms with Gasteiger partial charge in [-0.15, -0.1) is 0 Å². The summed E-state index contributed by atoms with van der Waals surface area (Å²) in [5.74, 6) is 0.514. The molecule has 76 valence electrons. The average molecular weight is 213 g/mol. The van der Waals surface area contributed by atoms with E-state index in [2.05, 4.69) is 15.3 Å². The summed E-state index contributed by atoms with van der Waals surface area (Å²) in [5, 5.41) is 11.6. The van der Waals surface area contributed by atoms with Crippen LogP contribution >= 0.6 is 11.8 Å². The van der Waals surface area contributed by atoms with Crippen LogP contribution in [0.3, 0.4) is 0 Å². The van der Waals surface area contributed by atoms with Gasteiger partial charge in [0.2, 0.25) is 0 Å². The minimum absolute atomic E-state index is 0.0413. The van der Waals surface area contributed by atoms with E-state index >= 15 is 0 Å². The van der Waals surface area contributed by atoms with Crippen molar-refractivity contribution in [1.82, 2.24) is 9.97 Å². The van der Waals surface area contributed by atoms with Gasteiger partial charge in [-0.3, -0.25) is 0 Å². The van der Waals surface area contributed by atoms with Gasteiger partial charge in [0.25, 0.3) is 0 Å². The van der Waals surface area contributed by atoms with Crippen LogP contribution < -0.4 is 5.32 Å². The van der Waals surface area contributed by atoms with E-state index in [1.165, 1.54) is 12.4 Å². The van der Waals surface area contributed by atoms with Crippen LogP contribution in [0.4, 0.5) is 5.82 Å². The highest BCUT2D eigenvalue weighted by Gasteiger charge is 2.03. The molecule has 0 amide bonds. The van der Waals surface area contributed by atoms with E-state index in [-0.39, 0.29) is 5.69 Å². The number of carboxylic acids is 1. The number of hydrogen-bond donors (Lipinski definition) is 2. The van der Waals surface area contributed by atoms with Crippen molar-refractivity contribution < 1.29 is 9.90 Å². The van der Waals surface area contributed by atoms with Crippen LogP contribution in [0.25, 0.3) is 0 Å². The average Bonchev–Trinajstić information content (AvgIpc) is 2.19. The Bertz CT molecular complexity index is 302. The Hall–Kier alpha value is -1.30. The summed E-state index contributed by atoms with van der Waals surface area (Å²) in [5.41, 5.74) is -0.0413. The van der Waals surface area contributed by atoms with Crippen molar-refractivity contribution in [3.63, 3.8) is 0 Å². The van der Waals surface area contributed by atoms with Crippen molar-refractivity contribution in [2.45, 2.75) is 0 Å². The Morgan fingerprint density at radius 3 is 2.86 bits per heavy atom. The van der Waals surface area contributed by atoms with E-state index in [0.29, 0.717) is 5.82 Å². The molecule has 1 heterocycles. The number of nitrogens with zero attached hydrogens (tertiary/aromatic N) is 2. The molecule has 0 aliphatic carbocycles. The second-order valence-electron chi connectivity index (χ2n) is 2.51. The van der Waals surface area contributed by atoms with Gasteiger partial charge < -0.3 is 10.4 Å². The van der Waals surface area contributed by atoms with Crippen LogP contribution in [-0.2, 0) is 0 Å². The number of aromatic carboxylic acids is 1. The molecule has 2 N–H and O–H groups in total. The van der Waals surface area contributed by atoms with Crippen molar-refractivity contribution in [2.24, 2.45) is 0 Å². The summed E-state index contributed by atoms with van der Waals surface area (Å²) < 4.78 is 0. The first kappa shape index (κ1) is 10.8. The highest BCUT2D eigenvalue weighted by Crippen LogP contribution is 2.01. The molecule has 0 radical (unpaired) electrons. The van der Waals surface area contributed by atoms with Crippen molar-refractivity contribution in [1.29, 1.82) is 0 Å². The van der Waals surface area contributed by atoms with Gasteiger partial charge in [0.15, 0.2) is 5.69 Å². The number of carbonyl (C=O) groups is 1. The maximum absolute atomic E-state index is 10.4. The standard InChI is InChI=1S/C8H11N3O2S/c1-14-3-2-9-7-5-10-6(4-11-7)8(12)13/h4-5H,2-3H2,1H3,(H,9,11)(H,12,13). The number of anilines is 1. The molecule has 0 aliphatic heterocycles. The zero-order chi connectivity index (χ0) is 10.4. The Labute approximate surface area is 86.0 Å². The molecule has 0 atom stereocenters. The number of hydrogen-bond acceptors (Lipinski definition) is 5. The first-order valence-electron chi connectivity index (χ1n) is 4.02. The molecule has 0 unspecified atom stereocenters. The van der Waals surface area contributed by atoms with Gasteiger partial charge in [-0.1, -0.05) is 0 Å². The lowest BCUT2D eigenvalue weighted by Gasteiger charge is -2.02. The lowest BCUT2D eigenvalue weighted by molar-refractivity contribution is 0.0690.